The van der Waals surface area contributed by atoms with Crippen molar-refractivity contribution in [1.82, 2.24) is 14.3 Å². The summed E-state index contributed by atoms with van der Waals surface area (Å²) in [6.45, 7) is 6.61. The molecule has 1 fully saturated rings. The Hall–Kier alpha value is -2.91. The van der Waals surface area contributed by atoms with Crippen LogP contribution in [0, 0.1) is 25.6 Å². The standard InChI is InChI=1S/C23H25FN4O3S/c1-14-5-4-10-28(13-14)32(30,31)19-8-6-18(7-9-19)27-23(29)20-11-17(24)12-21-22(20)26-16(3)15(2)25-21/h6-9,11-12,14H,4-5,10,13H2,1-3H3,(H,27,29). The molecule has 32 heavy (non-hydrogen) atoms. The molecule has 0 saturated carbocycles. The zero-order valence-corrected chi connectivity index (χ0v) is 19.0. The number of nitrogens with one attached hydrogen (secondary N) is 1. The predicted octanol–water partition coefficient (Wildman–Crippen LogP) is 4.06. The molecule has 1 amide bonds. The van der Waals surface area contributed by atoms with Crippen molar-refractivity contribution in [2.45, 2.75) is 38.5 Å². The molecule has 1 atom stereocenters. The number of piperidine rings is 1. The first kappa shape index (κ1) is 22.3. The van der Waals surface area contributed by atoms with Gasteiger partial charge in [0.1, 0.15) is 11.3 Å². The van der Waals surface area contributed by atoms with Crippen LogP contribution in [-0.2, 0) is 10.0 Å². The number of rotatable bonds is 4. The van der Waals surface area contributed by atoms with Gasteiger partial charge in [0.25, 0.3) is 5.91 Å². The van der Waals surface area contributed by atoms with Gasteiger partial charge in [-0.1, -0.05) is 6.92 Å². The van der Waals surface area contributed by atoms with Gasteiger partial charge in [-0.15, -0.1) is 0 Å². The Bertz CT molecular complexity index is 1290. The normalized spacial score (nSPS) is 17.4. The van der Waals surface area contributed by atoms with E-state index < -0.39 is 21.7 Å². The molecule has 9 heteroatoms. The van der Waals surface area contributed by atoms with Crippen molar-refractivity contribution >= 4 is 32.7 Å². The second-order valence-electron chi connectivity index (χ2n) is 8.30. The highest BCUT2D eigenvalue weighted by atomic mass is 32.2. The maximum Gasteiger partial charge on any atom is 0.258 e. The van der Waals surface area contributed by atoms with E-state index in [2.05, 4.69) is 15.3 Å². The van der Waals surface area contributed by atoms with Gasteiger partial charge in [0, 0.05) is 24.8 Å². The summed E-state index contributed by atoms with van der Waals surface area (Å²) in [5, 5.41) is 2.70. The number of hydrogen-bond donors (Lipinski definition) is 1. The summed E-state index contributed by atoms with van der Waals surface area (Å²) in [7, 11) is -3.58. The molecule has 0 bridgehead atoms. The Balaban J connectivity index is 1.58. The van der Waals surface area contributed by atoms with E-state index in [1.165, 1.54) is 34.6 Å². The van der Waals surface area contributed by atoms with Crippen LogP contribution in [0.25, 0.3) is 11.0 Å². The number of carbonyl (C=O) groups is 1. The first-order chi connectivity index (χ1) is 15.1. The molecule has 1 unspecified atom stereocenters. The number of anilines is 1. The van der Waals surface area contributed by atoms with Crippen LogP contribution in [0.1, 0.15) is 41.5 Å². The molecule has 0 radical (unpaired) electrons. The Morgan fingerprint density at radius 1 is 1.12 bits per heavy atom. The van der Waals surface area contributed by atoms with Crippen molar-refractivity contribution in [3.05, 3.63) is 59.2 Å². The fourth-order valence-corrected chi connectivity index (χ4v) is 5.49. The highest BCUT2D eigenvalue weighted by Gasteiger charge is 2.28. The maximum atomic E-state index is 14.1. The van der Waals surface area contributed by atoms with Crippen molar-refractivity contribution in [3.63, 3.8) is 0 Å². The van der Waals surface area contributed by atoms with Crippen molar-refractivity contribution in [2.24, 2.45) is 5.92 Å². The van der Waals surface area contributed by atoms with Crippen LogP contribution >= 0.6 is 0 Å². The topological polar surface area (TPSA) is 92.3 Å². The number of hydrogen-bond acceptors (Lipinski definition) is 5. The fourth-order valence-electron chi connectivity index (χ4n) is 3.89. The largest absolute Gasteiger partial charge is 0.322 e. The molecule has 2 heterocycles. The number of sulfonamides is 1. The average molecular weight is 457 g/mol. The van der Waals surface area contributed by atoms with Gasteiger partial charge < -0.3 is 5.32 Å². The van der Waals surface area contributed by atoms with E-state index in [-0.39, 0.29) is 10.5 Å². The number of nitrogens with zero attached hydrogens (tertiary/aromatic N) is 3. The number of aromatic nitrogens is 2. The first-order valence-electron chi connectivity index (χ1n) is 10.5. The van der Waals surface area contributed by atoms with Gasteiger partial charge in [-0.05, 0) is 62.9 Å². The van der Waals surface area contributed by atoms with Crippen LogP contribution in [0.15, 0.2) is 41.3 Å². The number of amides is 1. The van der Waals surface area contributed by atoms with Crippen LogP contribution in [0.2, 0.25) is 0 Å². The lowest BCUT2D eigenvalue weighted by molar-refractivity contribution is 0.102. The third-order valence-corrected chi connectivity index (χ3v) is 7.64. The summed E-state index contributed by atoms with van der Waals surface area (Å²) in [4.78, 5) is 21.8. The summed E-state index contributed by atoms with van der Waals surface area (Å²) in [6.07, 6.45) is 1.87. The zero-order chi connectivity index (χ0) is 23.0. The SMILES string of the molecule is Cc1nc2cc(F)cc(C(=O)Nc3ccc(S(=O)(=O)N4CCCC(C)C4)cc3)c2nc1C. The van der Waals surface area contributed by atoms with Gasteiger partial charge >= 0.3 is 0 Å². The van der Waals surface area contributed by atoms with E-state index in [1.54, 1.807) is 13.8 Å². The number of fused-ring (bicyclic) bond motifs is 1. The molecular weight excluding hydrogens is 431 g/mol. The molecule has 4 rings (SSSR count). The van der Waals surface area contributed by atoms with Crippen LogP contribution in [0.3, 0.4) is 0 Å². The number of halogens is 1. The van der Waals surface area contributed by atoms with E-state index in [4.69, 9.17) is 0 Å². The van der Waals surface area contributed by atoms with E-state index in [9.17, 15) is 17.6 Å². The minimum Gasteiger partial charge on any atom is -0.322 e. The van der Waals surface area contributed by atoms with Gasteiger partial charge in [0.15, 0.2) is 0 Å². The van der Waals surface area contributed by atoms with Crippen LogP contribution in [0.4, 0.5) is 10.1 Å². The Morgan fingerprint density at radius 2 is 1.81 bits per heavy atom. The zero-order valence-electron chi connectivity index (χ0n) is 18.2. The quantitative estimate of drug-likeness (QED) is 0.639. The second-order valence-corrected chi connectivity index (χ2v) is 10.2. The van der Waals surface area contributed by atoms with E-state index in [1.807, 2.05) is 6.92 Å². The van der Waals surface area contributed by atoms with Gasteiger partial charge in [-0.2, -0.15) is 4.31 Å². The highest BCUT2D eigenvalue weighted by molar-refractivity contribution is 7.89. The molecule has 168 valence electrons. The fraction of sp³-hybridized carbons (Fsp3) is 0.348. The second kappa shape index (κ2) is 8.55. The Morgan fingerprint density at radius 3 is 2.50 bits per heavy atom. The van der Waals surface area contributed by atoms with Gasteiger partial charge in [-0.3, -0.25) is 4.79 Å². The van der Waals surface area contributed by atoms with E-state index in [0.29, 0.717) is 47.1 Å². The van der Waals surface area contributed by atoms with Crippen molar-refractivity contribution in [2.75, 3.05) is 18.4 Å². The van der Waals surface area contributed by atoms with E-state index in [0.717, 1.165) is 18.9 Å². The Labute approximate surface area is 186 Å². The summed E-state index contributed by atoms with van der Waals surface area (Å²) in [5.41, 5.74) is 2.39. The summed E-state index contributed by atoms with van der Waals surface area (Å²) < 4.78 is 41.4. The predicted molar refractivity (Wildman–Crippen MR) is 121 cm³/mol. The minimum absolute atomic E-state index is 0.0644. The highest BCUT2D eigenvalue weighted by Crippen LogP contribution is 2.25. The third-order valence-electron chi connectivity index (χ3n) is 5.76. The van der Waals surface area contributed by atoms with Crippen LogP contribution in [-0.4, -0.2) is 41.7 Å². The molecule has 3 aromatic rings. The molecule has 1 aliphatic rings. The van der Waals surface area contributed by atoms with Crippen LogP contribution in [0.5, 0.6) is 0 Å². The van der Waals surface area contributed by atoms with Crippen molar-refractivity contribution in [1.29, 1.82) is 0 Å². The summed E-state index contributed by atoms with van der Waals surface area (Å²) in [5.74, 6) is -0.807. The number of aryl methyl sites for hydroxylation is 2. The van der Waals surface area contributed by atoms with E-state index >= 15 is 0 Å². The average Bonchev–Trinajstić information content (AvgIpc) is 2.75. The molecule has 1 N–H and O–H groups in total. The third kappa shape index (κ3) is 4.35. The molecule has 0 spiro atoms. The number of carbonyl (C=O) groups excluding carboxylic acids is 1. The lowest BCUT2D eigenvalue weighted by Gasteiger charge is -2.30. The molecule has 1 aromatic heterocycles. The van der Waals surface area contributed by atoms with Gasteiger partial charge in [0.2, 0.25) is 10.0 Å². The maximum absolute atomic E-state index is 14.1. The Kier molecular flexibility index (Phi) is 5.96. The lowest BCUT2D eigenvalue weighted by atomic mass is 10.0. The summed E-state index contributed by atoms with van der Waals surface area (Å²) >= 11 is 0. The molecule has 1 aliphatic heterocycles. The first-order valence-corrected chi connectivity index (χ1v) is 11.9. The van der Waals surface area contributed by atoms with Crippen molar-refractivity contribution in [3.8, 4) is 0 Å². The van der Waals surface area contributed by atoms with Crippen LogP contribution < -0.4 is 5.32 Å². The smallest absolute Gasteiger partial charge is 0.258 e. The minimum atomic E-state index is -3.58. The molecule has 7 nitrogen and oxygen atoms in total. The summed E-state index contributed by atoms with van der Waals surface area (Å²) in [6, 6.07) is 8.37. The molecular formula is C23H25FN4O3S. The molecule has 0 aliphatic carbocycles. The van der Waals surface area contributed by atoms with Gasteiger partial charge in [0.05, 0.1) is 27.4 Å². The molecule has 2 aromatic carbocycles. The lowest BCUT2D eigenvalue weighted by Crippen LogP contribution is -2.39. The monoisotopic (exact) mass is 456 g/mol. The van der Waals surface area contributed by atoms with Gasteiger partial charge in [-0.25, -0.2) is 22.8 Å². The van der Waals surface area contributed by atoms with Crippen molar-refractivity contribution < 1.29 is 17.6 Å². The molecule has 1 saturated heterocycles. The number of benzene rings is 2.